The number of rotatable bonds is 6. The molecule has 0 spiro atoms. The van der Waals surface area contributed by atoms with Crippen LogP contribution < -0.4 is 5.32 Å². The van der Waals surface area contributed by atoms with Gasteiger partial charge in [-0.25, -0.2) is 0 Å². The van der Waals surface area contributed by atoms with E-state index < -0.39 is 0 Å². The summed E-state index contributed by atoms with van der Waals surface area (Å²) >= 11 is 0. The van der Waals surface area contributed by atoms with Crippen molar-refractivity contribution in [2.75, 3.05) is 19.7 Å². The zero-order valence-electron chi connectivity index (χ0n) is 8.30. The van der Waals surface area contributed by atoms with Gasteiger partial charge in [-0.15, -0.1) is 0 Å². The van der Waals surface area contributed by atoms with Gasteiger partial charge in [-0.3, -0.25) is 0 Å². The van der Waals surface area contributed by atoms with Crippen molar-refractivity contribution in [3.05, 3.63) is 0 Å². The minimum Gasteiger partial charge on any atom is -0.396 e. The van der Waals surface area contributed by atoms with Crippen LogP contribution in [0.4, 0.5) is 0 Å². The highest BCUT2D eigenvalue weighted by Gasteiger charge is 2.15. The van der Waals surface area contributed by atoms with E-state index in [1.54, 1.807) is 0 Å². The van der Waals surface area contributed by atoms with Crippen molar-refractivity contribution in [3.63, 3.8) is 0 Å². The predicted molar refractivity (Wildman–Crippen MR) is 50.0 cm³/mol. The summed E-state index contributed by atoms with van der Waals surface area (Å²) in [6.07, 6.45) is 0.506. The summed E-state index contributed by atoms with van der Waals surface area (Å²) in [5.74, 6) is 0. The molecule has 0 heterocycles. The van der Waals surface area contributed by atoms with Gasteiger partial charge in [0, 0.05) is 25.1 Å². The van der Waals surface area contributed by atoms with Gasteiger partial charge in [-0.1, -0.05) is 20.8 Å². The Balaban J connectivity index is 3.42. The lowest BCUT2D eigenvalue weighted by molar-refractivity contribution is 0.136. The highest BCUT2D eigenvalue weighted by Crippen LogP contribution is 2.10. The maximum Gasteiger partial charge on any atom is 0.0662 e. The van der Waals surface area contributed by atoms with E-state index in [1.807, 2.05) is 20.8 Å². The molecule has 12 heavy (non-hydrogen) atoms. The minimum absolute atomic E-state index is 0.0898. The molecule has 3 N–H and O–H groups in total. The normalized spacial score (nSPS) is 14.8. The van der Waals surface area contributed by atoms with E-state index in [1.165, 1.54) is 0 Å². The molecule has 0 fully saturated rings. The van der Waals surface area contributed by atoms with Gasteiger partial charge in [0.1, 0.15) is 0 Å². The summed E-state index contributed by atoms with van der Waals surface area (Å²) in [6.45, 7) is 7.43. The number of hydrogen-bond acceptors (Lipinski definition) is 3. The molecule has 74 valence electrons. The lowest BCUT2D eigenvalue weighted by Gasteiger charge is -2.22. The van der Waals surface area contributed by atoms with Crippen molar-refractivity contribution in [1.29, 1.82) is 0 Å². The first-order valence-corrected chi connectivity index (χ1v) is 4.51. The molecule has 0 aliphatic carbocycles. The van der Waals surface area contributed by atoms with E-state index in [0.29, 0.717) is 6.54 Å². The quantitative estimate of drug-likeness (QED) is 0.546. The van der Waals surface area contributed by atoms with E-state index >= 15 is 0 Å². The third kappa shape index (κ3) is 5.52. The average molecular weight is 175 g/mol. The number of hydrogen-bond donors (Lipinski definition) is 3. The van der Waals surface area contributed by atoms with Crippen LogP contribution in [-0.2, 0) is 0 Å². The number of nitrogens with one attached hydrogen (secondary N) is 1. The second-order valence-electron chi connectivity index (χ2n) is 4.02. The monoisotopic (exact) mass is 175 g/mol. The molecule has 0 aliphatic heterocycles. The summed E-state index contributed by atoms with van der Waals surface area (Å²) < 4.78 is 0. The van der Waals surface area contributed by atoms with Gasteiger partial charge in [0.2, 0.25) is 0 Å². The van der Waals surface area contributed by atoms with Crippen molar-refractivity contribution < 1.29 is 10.2 Å². The first-order chi connectivity index (χ1) is 5.52. The van der Waals surface area contributed by atoms with Crippen LogP contribution in [-0.4, -0.2) is 36.0 Å². The van der Waals surface area contributed by atoms with E-state index in [4.69, 9.17) is 5.11 Å². The van der Waals surface area contributed by atoms with Gasteiger partial charge in [-0.2, -0.15) is 0 Å². The Morgan fingerprint density at radius 2 is 2.00 bits per heavy atom. The van der Waals surface area contributed by atoms with Crippen LogP contribution in [0.1, 0.15) is 27.2 Å². The van der Waals surface area contributed by atoms with Gasteiger partial charge < -0.3 is 15.5 Å². The van der Waals surface area contributed by atoms with Crippen molar-refractivity contribution >= 4 is 0 Å². The molecule has 3 heteroatoms. The molecule has 0 rings (SSSR count). The predicted octanol–water partition coefficient (Wildman–Crippen LogP) is 0.365. The lowest BCUT2D eigenvalue weighted by atomic mass is 9.95. The highest BCUT2D eigenvalue weighted by molar-refractivity contribution is 4.70. The van der Waals surface area contributed by atoms with Crippen LogP contribution >= 0.6 is 0 Å². The molecule has 0 bridgehead atoms. The molecule has 0 aromatic heterocycles. The third-order valence-electron chi connectivity index (χ3n) is 1.88. The topological polar surface area (TPSA) is 52.5 Å². The van der Waals surface area contributed by atoms with Gasteiger partial charge in [0.05, 0.1) is 6.10 Å². The maximum atomic E-state index is 9.20. The number of aliphatic hydroxyl groups is 2. The van der Waals surface area contributed by atoms with E-state index in [-0.39, 0.29) is 18.1 Å². The van der Waals surface area contributed by atoms with Crippen molar-refractivity contribution in [2.45, 2.75) is 33.3 Å². The molecule has 1 atom stereocenters. The Kier molecular flexibility index (Phi) is 5.46. The number of aliphatic hydroxyl groups excluding tert-OH is 2. The van der Waals surface area contributed by atoms with Gasteiger partial charge in [0.15, 0.2) is 0 Å². The first kappa shape index (κ1) is 11.9. The molecule has 0 aromatic rings. The van der Waals surface area contributed by atoms with Crippen LogP contribution in [0, 0.1) is 5.41 Å². The van der Waals surface area contributed by atoms with E-state index in [9.17, 15) is 5.11 Å². The summed E-state index contributed by atoms with van der Waals surface area (Å²) in [6, 6.07) is 0. The fourth-order valence-electron chi connectivity index (χ4n) is 0.777. The third-order valence-corrected chi connectivity index (χ3v) is 1.88. The molecule has 1 unspecified atom stereocenters. The molecule has 0 amide bonds. The molecule has 0 aromatic carbocycles. The molecule has 3 nitrogen and oxygen atoms in total. The first-order valence-electron chi connectivity index (χ1n) is 4.51. The Morgan fingerprint density at radius 1 is 1.42 bits per heavy atom. The summed E-state index contributed by atoms with van der Waals surface area (Å²) in [4.78, 5) is 0. The van der Waals surface area contributed by atoms with E-state index in [0.717, 1.165) is 13.0 Å². The summed E-state index contributed by atoms with van der Waals surface area (Å²) in [7, 11) is 0. The van der Waals surface area contributed by atoms with Gasteiger partial charge in [0.25, 0.3) is 0 Å². The Hall–Kier alpha value is -0.120. The molecule has 0 saturated heterocycles. The largest absolute Gasteiger partial charge is 0.396 e. The zero-order chi connectivity index (χ0) is 9.61. The molecular weight excluding hydrogens is 154 g/mol. The fourth-order valence-corrected chi connectivity index (χ4v) is 0.777. The molecule has 0 aliphatic rings. The lowest BCUT2D eigenvalue weighted by Crippen LogP contribution is -2.36. The van der Waals surface area contributed by atoms with Crippen molar-refractivity contribution in [1.82, 2.24) is 5.32 Å². The van der Waals surface area contributed by atoms with Crippen molar-refractivity contribution in [2.24, 2.45) is 5.41 Å². The van der Waals surface area contributed by atoms with E-state index in [2.05, 4.69) is 5.32 Å². The average Bonchev–Trinajstić information content (AvgIpc) is 2.04. The van der Waals surface area contributed by atoms with Gasteiger partial charge in [-0.05, 0) is 6.42 Å². The standard InChI is InChI=1S/C9H21NO2/c1-4-8(12)5-10-6-9(2,3)7-11/h8,10-12H,4-7H2,1-3H3. The SMILES string of the molecule is CCC(O)CNCC(C)(C)CO. The van der Waals surface area contributed by atoms with Crippen molar-refractivity contribution in [3.8, 4) is 0 Å². The van der Waals surface area contributed by atoms with Crippen LogP contribution in [0.2, 0.25) is 0 Å². The maximum absolute atomic E-state index is 9.20. The second-order valence-corrected chi connectivity index (χ2v) is 4.02. The summed E-state index contributed by atoms with van der Waals surface area (Å²) in [5.41, 5.74) is -0.0898. The Labute approximate surface area is 74.8 Å². The molecular formula is C9H21NO2. The van der Waals surface area contributed by atoms with Crippen LogP contribution in [0.3, 0.4) is 0 Å². The van der Waals surface area contributed by atoms with Crippen LogP contribution in [0.15, 0.2) is 0 Å². The zero-order valence-corrected chi connectivity index (χ0v) is 8.30. The summed E-state index contributed by atoms with van der Waals surface area (Å²) in [5, 5.41) is 21.2. The molecule has 0 radical (unpaired) electrons. The van der Waals surface area contributed by atoms with Crippen LogP contribution in [0.25, 0.3) is 0 Å². The second kappa shape index (κ2) is 5.51. The Bertz CT molecular complexity index is 115. The van der Waals surface area contributed by atoms with Gasteiger partial charge >= 0.3 is 0 Å². The minimum atomic E-state index is -0.264. The Morgan fingerprint density at radius 3 is 2.42 bits per heavy atom. The molecule has 0 saturated carbocycles. The highest BCUT2D eigenvalue weighted by atomic mass is 16.3. The fraction of sp³-hybridized carbons (Fsp3) is 1.00. The smallest absolute Gasteiger partial charge is 0.0662 e. The van der Waals surface area contributed by atoms with Crippen LogP contribution in [0.5, 0.6) is 0 Å².